The average Bonchev–Trinajstić information content (AvgIpc) is 3.08. The molecule has 0 radical (unpaired) electrons. The van der Waals surface area contributed by atoms with Crippen molar-refractivity contribution in [1.82, 2.24) is 0 Å². The number of ether oxygens (including phenoxy) is 4. The number of hydrogen-bond acceptors (Lipinski definition) is 10. The van der Waals surface area contributed by atoms with Gasteiger partial charge in [-0.3, -0.25) is 9.59 Å². The SMILES string of the molecule is CCCCCCCC=C=CCCCCCCCC(=O)OC[C@@H](CO[C@H]1O[C@@H](CO)[C@@H](O)C(O)C1O)OC(=O)CCCCCCCCCC. The van der Waals surface area contributed by atoms with E-state index < -0.39 is 55.4 Å². The molecule has 0 aromatic rings. The smallest absolute Gasteiger partial charge is 0.306 e. The third-order valence-electron chi connectivity index (χ3n) is 8.67. The van der Waals surface area contributed by atoms with E-state index in [2.05, 4.69) is 31.7 Å². The van der Waals surface area contributed by atoms with E-state index in [-0.39, 0.29) is 26.1 Å². The highest BCUT2D eigenvalue weighted by Gasteiger charge is 2.44. The van der Waals surface area contributed by atoms with Gasteiger partial charge in [-0.25, -0.2) is 0 Å². The molecule has 10 heteroatoms. The number of carbonyl (C=O) groups is 2. The second-order valence-corrected chi connectivity index (χ2v) is 13.1. The molecule has 0 aromatic heterocycles. The van der Waals surface area contributed by atoms with Crippen LogP contribution >= 0.6 is 0 Å². The molecular formula is C38H68O10. The molecular weight excluding hydrogens is 616 g/mol. The molecule has 0 amide bonds. The van der Waals surface area contributed by atoms with Crippen molar-refractivity contribution in [2.75, 3.05) is 19.8 Å². The monoisotopic (exact) mass is 684 g/mol. The van der Waals surface area contributed by atoms with Crippen LogP contribution in [-0.2, 0) is 28.5 Å². The van der Waals surface area contributed by atoms with Crippen LogP contribution in [0.15, 0.2) is 17.9 Å². The quantitative estimate of drug-likeness (QED) is 0.0370. The van der Waals surface area contributed by atoms with Crippen LogP contribution < -0.4 is 0 Å². The van der Waals surface area contributed by atoms with Crippen LogP contribution in [0.25, 0.3) is 0 Å². The van der Waals surface area contributed by atoms with Gasteiger partial charge in [-0.05, 0) is 50.7 Å². The molecule has 6 atom stereocenters. The fourth-order valence-electron chi connectivity index (χ4n) is 5.58. The topological polar surface area (TPSA) is 152 Å². The summed E-state index contributed by atoms with van der Waals surface area (Å²) in [6, 6.07) is 0. The molecule has 280 valence electrons. The van der Waals surface area contributed by atoms with Crippen molar-refractivity contribution in [2.45, 2.75) is 192 Å². The molecule has 0 aromatic carbocycles. The highest BCUT2D eigenvalue weighted by molar-refractivity contribution is 5.70. The van der Waals surface area contributed by atoms with E-state index in [1.807, 2.05) is 0 Å². The first-order valence-corrected chi connectivity index (χ1v) is 19.0. The third kappa shape index (κ3) is 22.0. The van der Waals surface area contributed by atoms with Crippen molar-refractivity contribution < 1.29 is 49.0 Å². The summed E-state index contributed by atoms with van der Waals surface area (Å²) >= 11 is 0. The fourth-order valence-corrected chi connectivity index (χ4v) is 5.58. The number of allylic oxidation sites excluding steroid dienone is 1. The number of aliphatic hydroxyl groups excluding tert-OH is 4. The van der Waals surface area contributed by atoms with Crippen LogP contribution in [-0.4, -0.2) is 89.0 Å². The Balaban J connectivity index is 2.39. The van der Waals surface area contributed by atoms with Crippen LogP contribution in [0.2, 0.25) is 0 Å². The molecule has 1 fully saturated rings. The number of unbranched alkanes of at least 4 members (excludes halogenated alkanes) is 17. The Kier molecular flexibility index (Phi) is 27.7. The van der Waals surface area contributed by atoms with Crippen molar-refractivity contribution in [3.63, 3.8) is 0 Å². The fraction of sp³-hybridized carbons (Fsp3) is 0.868. The van der Waals surface area contributed by atoms with Crippen LogP contribution in [0.1, 0.15) is 155 Å². The molecule has 10 nitrogen and oxygen atoms in total. The molecule has 1 saturated heterocycles. The van der Waals surface area contributed by atoms with Crippen molar-refractivity contribution >= 4 is 11.9 Å². The molecule has 48 heavy (non-hydrogen) atoms. The molecule has 1 rings (SSSR count). The minimum atomic E-state index is -1.59. The number of esters is 2. The Bertz CT molecular complexity index is 856. The Hall–Kier alpha value is -1.78. The van der Waals surface area contributed by atoms with E-state index in [0.29, 0.717) is 12.8 Å². The molecule has 4 N–H and O–H groups in total. The second kappa shape index (κ2) is 30.1. The van der Waals surface area contributed by atoms with Gasteiger partial charge in [0.1, 0.15) is 31.0 Å². The number of rotatable bonds is 30. The standard InChI is InChI=1S/C38H68O10/c1-3-5-7-9-11-13-14-15-16-17-18-19-21-22-24-26-33(40)45-29-31(47-34(41)27-25-23-20-12-10-8-6-4-2)30-46-38-37(44)36(43)35(42)32(28-39)48-38/h14,16,31-32,35-39,42-44H,3-13,17-30H2,1-2H3/t15?,31-,32-,35+,36?,37?,38-/m0/s1. The lowest BCUT2D eigenvalue weighted by Crippen LogP contribution is -2.59. The normalized spacial score (nSPS) is 21.3. The van der Waals surface area contributed by atoms with Gasteiger partial charge in [-0.2, -0.15) is 0 Å². The second-order valence-electron chi connectivity index (χ2n) is 13.1. The molecule has 1 aliphatic heterocycles. The Labute approximate surface area is 290 Å². The van der Waals surface area contributed by atoms with Gasteiger partial charge in [0.15, 0.2) is 12.4 Å². The molecule has 2 unspecified atom stereocenters. The number of aliphatic hydroxyl groups is 4. The van der Waals surface area contributed by atoms with Crippen molar-refractivity contribution in [3.8, 4) is 0 Å². The number of hydrogen-bond donors (Lipinski definition) is 4. The predicted octanol–water partition coefficient (Wildman–Crippen LogP) is 6.59. The van der Waals surface area contributed by atoms with E-state index in [4.69, 9.17) is 18.9 Å². The maximum Gasteiger partial charge on any atom is 0.306 e. The minimum absolute atomic E-state index is 0.224. The minimum Gasteiger partial charge on any atom is -0.462 e. The van der Waals surface area contributed by atoms with Gasteiger partial charge in [0.05, 0.1) is 13.2 Å². The predicted molar refractivity (Wildman–Crippen MR) is 186 cm³/mol. The lowest BCUT2D eigenvalue weighted by atomic mass is 9.99. The summed E-state index contributed by atoms with van der Waals surface area (Å²) in [5.41, 5.74) is 3.29. The Morgan fingerprint density at radius 2 is 1.17 bits per heavy atom. The first-order chi connectivity index (χ1) is 23.3. The van der Waals surface area contributed by atoms with Crippen molar-refractivity contribution in [1.29, 1.82) is 0 Å². The molecule has 0 bridgehead atoms. The zero-order chi connectivity index (χ0) is 35.2. The van der Waals surface area contributed by atoms with Gasteiger partial charge in [0.2, 0.25) is 0 Å². The van der Waals surface area contributed by atoms with Crippen LogP contribution in [0.3, 0.4) is 0 Å². The largest absolute Gasteiger partial charge is 0.462 e. The van der Waals surface area contributed by atoms with Crippen LogP contribution in [0.5, 0.6) is 0 Å². The van der Waals surface area contributed by atoms with Crippen LogP contribution in [0, 0.1) is 0 Å². The highest BCUT2D eigenvalue weighted by Crippen LogP contribution is 2.22. The van der Waals surface area contributed by atoms with E-state index >= 15 is 0 Å². The van der Waals surface area contributed by atoms with Gasteiger partial charge >= 0.3 is 11.9 Å². The zero-order valence-electron chi connectivity index (χ0n) is 30.0. The van der Waals surface area contributed by atoms with E-state index in [0.717, 1.165) is 57.8 Å². The van der Waals surface area contributed by atoms with E-state index in [9.17, 15) is 30.0 Å². The summed E-state index contributed by atoms with van der Waals surface area (Å²) in [6.07, 6.45) is 18.7. The lowest BCUT2D eigenvalue weighted by Gasteiger charge is -2.39. The van der Waals surface area contributed by atoms with E-state index in [1.165, 1.54) is 57.8 Å². The molecule has 1 aliphatic rings. The summed E-state index contributed by atoms with van der Waals surface area (Å²) in [5.74, 6) is -0.832. The summed E-state index contributed by atoms with van der Waals surface area (Å²) in [4.78, 5) is 25.0. The molecule has 0 aliphatic carbocycles. The molecule has 1 heterocycles. The Morgan fingerprint density at radius 3 is 1.71 bits per heavy atom. The van der Waals surface area contributed by atoms with Gasteiger partial charge in [-0.15, -0.1) is 5.73 Å². The Morgan fingerprint density at radius 1 is 0.667 bits per heavy atom. The lowest BCUT2D eigenvalue weighted by molar-refractivity contribution is -0.305. The summed E-state index contributed by atoms with van der Waals surface area (Å²) < 4.78 is 22.0. The van der Waals surface area contributed by atoms with Crippen LogP contribution in [0.4, 0.5) is 0 Å². The third-order valence-corrected chi connectivity index (χ3v) is 8.67. The summed E-state index contributed by atoms with van der Waals surface area (Å²) in [5, 5.41) is 39.8. The van der Waals surface area contributed by atoms with Gasteiger partial charge in [-0.1, -0.05) is 104 Å². The van der Waals surface area contributed by atoms with Crippen molar-refractivity contribution in [2.24, 2.45) is 0 Å². The van der Waals surface area contributed by atoms with E-state index in [1.54, 1.807) is 0 Å². The highest BCUT2D eigenvalue weighted by atomic mass is 16.7. The summed E-state index contributed by atoms with van der Waals surface area (Å²) in [6.45, 7) is 3.33. The zero-order valence-corrected chi connectivity index (χ0v) is 30.0. The van der Waals surface area contributed by atoms with Gasteiger partial charge < -0.3 is 39.4 Å². The maximum atomic E-state index is 12.6. The average molecular weight is 685 g/mol. The maximum absolute atomic E-state index is 12.6. The molecule has 0 saturated carbocycles. The van der Waals surface area contributed by atoms with Gasteiger partial charge in [0.25, 0.3) is 0 Å². The van der Waals surface area contributed by atoms with Gasteiger partial charge in [0, 0.05) is 12.8 Å². The number of carbonyl (C=O) groups excluding carboxylic acids is 2. The summed E-state index contributed by atoms with van der Waals surface area (Å²) in [7, 11) is 0. The first kappa shape index (κ1) is 44.2. The van der Waals surface area contributed by atoms with Crippen molar-refractivity contribution in [3.05, 3.63) is 17.9 Å². The molecule has 0 spiro atoms. The first-order valence-electron chi connectivity index (χ1n) is 19.0.